The molecule has 0 aliphatic carbocycles. The third-order valence-corrected chi connectivity index (χ3v) is 3.56. The van der Waals surface area contributed by atoms with E-state index in [2.05, 4.69) is 17.2 Å². The summed E-state index contributed by atoms with van der Waals surface area (Å²) < 4.78 is 79.8. The van der Waals surface area contributed by atoms with Crippen molar-refractivity contribution in [1.29, 1.82) is 5.26 Å². The van der Waals surface area contributed by atoms with Crippen LogP contribution in [0.4, 0.5) is 32.0 Å². The molecule has 0 heterocycles. The van der Waals surface area contributed by atoms with Crippen LogP contribution in [0.2, 0.25) is 0 Å². The van der Waals surface area contributed by atoms with Crippen molar-refractivity contribution in [3.63, 3.8) is 0 Å². The molecule has 2 rings (SSSR count). The zero-order valence-corrected chi connectivity index (χ0v) is 13.6. The van der Waals surface area contributed by atoms with Gasteiger partial charge < -0.3 is 0 Å². The average molecular weight is 386 g/mol. The van der Waals surface area contributed by atoms with Gasteiger partial charge in [0.2, 0.25) is 0 Å². The average Bonchev–Trinajstić information content (AvgIpc) is 2.54. The molecule has 0 atom stereocenters. The molecule has 0 saturated carbocycles. The molecular weight excluding hydrogens is 378 g/mol. The summed E-state index contributed by atoms with van der Waals surface area (Å²) in [7, 11) is 0. The quantitative estimate of drug-likeness (QED) is 0.358. The number of hydrogen-bond acceptors (Lipinski definition) is 3. The van der Waals surface area contributed by atoms with E-state index in [-0.39, 0.29) is 16.8 Å². The van der Waals surface area contributed by atoms with Crippen molar-refractivity contribution in [2.75, 3.05) is 0 Å². The SMILES string of the molecule is N#CCc1ccc(N=C=S)c(-c2cccc(C(F)(F)F)c2)c1C(F)(F)F. The Morgan fingerprint density at radius 1 is 1.00 bits per heavy atom. The molecule has 0 aromatic heterocycles. The molecule has 2 aromatic rings. The first kappa shape index (κ1) is 19.6. The summed E-state index contributed by atoms with van der Waals surface area (Å²) in [6.45, 7) is 0. The van der Waals surface area contributed by atoms with Gasteiger partial charge in [-0.1, -0.05) is 18.2 Å². The summed E-state index contributed by atoms with van der Waals surface area (Å²) >= 11 is 4.42. The van der Waals surface area contributed by atoms with Gasteiger partial charge in [0, 0.05) is 5.56 Å². The highest BCUT2D eigenvalue weighted by atomic mass is 32.1. The van der Waals surface area contributed by atoms with E-state index in [0.29, 0.717) is 6.07 Å². The number of aliphatic imine (C=N–C) groups is 1. The number of nitriles is 1. The van der Waals surface area contributed by atoms with E-state index in [1.165, 1.54) is 0 Å². The summed E-state index contributed by atoms with van der Waals surface area (Å²) in [6, 6.07) is 7.29. The van der Waals surface area contributed by atoms with Gasteiger partial charge in [-0.2, -0.15) is 36.6 Å². The second kappa shape index (κ2) is 7.28. The van der Waals surface area contributed by atoms with E-state index in [1.807, 2.05) is 5.16 Å². The van der Waals surface area contributed by atoms with Crippen molar-refractivity contribution in [3.8, 4) is 17.2 Å². The Morgan fingerprint density at radius 2 is 1.69 bits per heavy atom. The van der Waals surface area contributed by atoms with Crippen LogP contribution in [0, 0.1) is 11.3 Å². The highest BCUT2D eigenvalue weighted by Gasteiger charge is 2.38. The Kier molecular flexibility index (Phi) is 5.50. The topological polar surface area (TPSA) is 36.1 Å². The van der Waals surface area contributed by atoms with Gasteiger partial charge in [0.15, 0.2) is 0 Å². The van der Waals surface area contributed by atoms with Gasteiger partial charge in [-0.15, -0.1) is 0 Å². The Hall–Kier alpha value is -2.69. The predicted molar refractivity (Wildman–Crippen MR) is 85.9 cm³/mol. The van der Waals surface area contributed by atoms with E-state index in [9.17, 15) is 26.3 Å². The van der Waals surface area contributed by atoms with Crippen LogP contribution < -0.4 is 0 Å². The Labute approximate surface area is 149 Å². The van der Waals surface area contributed by atoms with Crippen LogP contribution in [-0.2, 0) is 18.8 Å². The standard InChI is InChI=1S/C17H8F6N2S/c18-16(19,20)12-3-1-2-11(8-12)14-13(25-9-26)5-4-10(6-7-24)15(14)17(21,22)23/h1-5,8H,6H2. The minimum Gasteiger partial charge on any atom is -0.198 e. The molecule has 0 amide bonds. The maximum atomic E-state index is 13.7. The molecule has 0 fully saturated rings. The van der Waals surface area contributed by atoms with Crippen LogP contribution >= 0.6 is 12.2 Å². The van der Waals surface area contributed by atoms with Crippen molar-refractivity contribution in [3.05, 3.63) is 53.1 Å². The van der Waals surface area contributed by atoms with Crippen LogP contribution in [0.3, 0.4) is 0 Å². The highest BCUT2D eigenvalue weighted by Crippen LogP contribution is 2.45. The summed E-state index contributed by atoms with van der Waals surface area (Å²) in [5.41, 5.74) is -3.88. The molecule has 0 aliphatic rings. The van der Waals surface area contributed by atoms with E-state index >= 15 is 0 Å². The van der Waals surface area contributed by atoms with E-state index in [0.717, 1.165) is 30.3 Å². The second-order valence-electron chi connectivity index (χ2n) is 5.11. The lowest BCUT2D eigenvalue weighted by atomic mass is 9.91. The van der Waals surface area contributed by atoms with Gasteiger partial charge >= 0.3 is 12.4 Å². The number of rotatable bonds is 3. The molecule has 0 aliphatic heterocycles. The number of thiocarbonyl (C=S) groups is 1. The van der Waals surface area contributed by atoms with Gasteiger partial charge in [0.1, 0.15) is 0 Å². The Morgan fingerprint density at radius 3 is 2.23 bits per heavy atom. The molecule has 0 bridgehead atoms. The second-order valence-corrected chi connectivity index (χ2v) is 5.29. The summed E-state index contributed by atoms with van der Waals surface area (Å²) in [5, 5.41) is 10.7. The fourth-order valence-electron chi connectivity index (χ4n) is 2.48. The number of isothiocyanates is 1. The zero-order chi connectivity index (χ0) is 19.5. The fourth-order valence-corrected chi connectivity index (χ4v) is 2.58. The lowest BCUT2D eigenvalue weighted by molar-refractivity contribution is -0.138. The van der Waals surface area contributed by atoms with Crippen molar-refractivity contribution < 1.29 is 26.3 Å². The van der Waals surface area contributed by atoms with Gasteiger partial charge in [-0.25, -0.2) is 0 Å². The van der Waals surface area contributed by atoms with Gasteiger partial charge in [0.25, 0.3) is 0 Å². The molecule has 0 spiro atoms. The van der Waals surface area contributed by atoms with Crippen molar-refractivity contribution in [2.45, 2.75) is 18.8 Å². The molecule has 9 heteroatoms. The molecule has 2 aromatic carbocycles. The van der Waals surface area contributed by atoms with Crippen LogP contribution in [0.5, 0.6) is 0 Å². The first-order chi connectivity index (χ1) is 12.1. The molecular formula is C17H8F6N2S. The number of benzene rings is 2. The van der Waals surface area contributed by atoms with Crippen molar-refractivity contribution in [2.24, 2.45) is 4.99 Å². The monoisotopic (exact) mass is 386 g/mol. The molecule has 0 saturated heterocycles. The first-order valence-corrected chi connectivity index (χ1v) is 7.36. The molecule has 0 radical (unpaired) electrons. The number of halogens is 6. The van der Waals surface area contributed by atoms with E-state index < -0.39 is 35.5 Å². The smallest absolute Gasteiger partial charge is 0.198 e. The van der Waals surface area contributed by atoms with Crippen molar-refractivity contribution >= 4 is 23.1 Å². The van der Waals surface area contributed by atoms with Gasteiger partial charge in [-0.3, -0.25) is 0 Å². The molecule has 134 valence electrons. The van der Waals surface area contributed by atoms with Gasteiger partial charge in [0.05, 0.1) is 34.5 Å². The van der Waals surface area contributed by atoms with Crippen LogP contribution in [0.15, 0.2) is 41.4 Å². The minimum absolute atomic E-state index is 0.284. The highest BCUT2D eigenvalue weighted by molar-refractivity contribution is 7.78. The maximum absolute atomic E-state index is 13.7. The fraction of sp³-hybridized carbons (Fsp3) is 0.176. The molecule has 26 heavy (non-hydrogen) atoms. The molecule has 2 nitrogen and oxygen atoms in total. The van der Waals surface area contributed by atoms with Crippen molar-refractivity contribution in [1.82, 2.24) is 0 Å². The predicted octanol–water partition coefficient (Wildman–Crippen LogP) is 6.19. The molecule has 0 N–H and O–H groups in total. The normalized spacial score (nSPS) is 11.6. The minimum atomic E-state index is -4.91. The van der Waals surface area contributed by atoms with Crippen LogP contribution in [0.25, 0.3) is 11.1 Å². The first-order valence-electron chi connectivity index (χ1n) is 6.95. The molecule has 0 unspecified atom stereocenters. The van der Waals surface area contributed by atoms with Gasteiger partial charge in [-0.05, 0) is 41.5 Å². The maximum Gasteiger partial charge on any atom is 0.417 e. The van der Waals surface area contributed by atoms with E-state index in [1.54, 1.807) is 6.07 Å². The lowest BCUT2D eigenvalue weighted by Crippen LogP contribution is -2.12. The number of hydrogen-bond donors (Lipinski definition) is 0. The lowest BCUT2D eigenvalue weighted by Gasteiger charge is -2.19. The number of alkyl halides is 6. The summed E-state index contributed by atoms with van der Waals surface area (Å²) in [6.07, 6.45) is -10.2. The third kappa shape index (κ3) is 4.10. The number of nitrogens with zero attached hydrogens (tertiary/aromatic N) is 2. The van der Waals surface area contributed by atoms with E-state index in [4.69, 9.17) is 5.26 Å². The summed E-state index contributed by atoms with van der Waals surface area (Å²) in [4.78, 5) is 3.55. The Balaban J connectivity index is 2.91. The Bertz CT molecular complexity index is 918. The largest absolute Gasteiger partial charge is 0.417 e. The third-order valence-electron chi connectivity index (χ3n) is 3.47. The van der Waals surface area contributed by atoms with Crippen LogP contribution in [0.1, 0.15) is 16.7 Å². The zero-order valence-electron chi connectivity index (χ0n) is 12.7. The summed E-state index contributed by atoms with van der Waals surface area (Å²) in [5.74, 6) is 0. The van der Waals surface area contributed by atoms with Crippen LogP contribution in [-0.4, -0.2) is 5.16 Å².